The van der Waals surface area contributed by atoms with Crippen molar-refractivity contribution >= 4 is 0 Å². The fraction of sp³-hybridized carbons (Fsp3) is 0.778. The van der Waals surface area contributed by atoms with Gasteiger partial charge in [0.15, 0.2) is 0 Å². The molecule has 0 amide bonds. The van der Waals surface area contributed by atoms with Crippen molar-refractivity contribution < 1.29 is 10.1 Å². The molecule has 1 N–H and O–H groups in total. The summed E-state index contributed by atoms with van der Waals surface area (Å²) in [7, 11) is 0. The smallest absolute Gasteiger partial charge is 0.135 e. The minimum atomic E-state index is 0.476. The monoisotopic (exact) mass is 282 g/mol. The molecule has 0 bridgehead atoms. The van der Waals surface area contributed by atoms with Gasteiger partial charge in [0.1, 0.15) is 5.76 Å². The van der Waals surface area contributed by atoms with Gasteiger partial charge in [-0.15, -0.1) is 0 Å². The lowest BCUT2D eigenvalue weighted by Crippen LogP contribution is -1.85. The van der Waals surface area contributed by atoms with Crippen LogP contribution in [0.25, 0.3) is 0 Å². The molecule has 0 fully saturated rings. The normalized spacial score (nSPS) is 11.1. The fourth-order valence-electron chi connectivity index (χ4n) is 2.26. The third-order valence-electron chi connectivity index (χ3n) is 3.60. The van der Waals surface area contributed by atoms with E-state index in [1.54, 1.807) is 0 Å². The zero-order chi connectivity index (χ0) is 14.9. The van der Waals surface area contributed by atoms with Crippen LogP contribution in [0.2, 0.25) is 0 Å². The van der Waals surface area contributed by atoms with Crippen LogP contribution in [0.3, 0.4) is 0 Å². The summed E-state index contributed by atoms with van der Waals surface area (Å²) >= 11 is 0. The maximum atomic E-state index is 8.33. The van der Waals surface area contributed by atoms with Crippen LogP contribution < -0.4 is 0 Å². The Hall–Kier alpha value is -0.760. The molecule has 2 nitrogen and oxygen atoms in total. The maximum Gasteiger partial charge on any atom is 0.135 e. The van der Waals surface area contributed by atoms with Crippen LogP contribution in [-0.4, -0.2) is 5.26 Å². The Morgan fingerprint density at radius 1 is 0.850 bits per heavy atom. The minimum absolute atomic E-state index is 0.476. The highest BCUT2D eigenvalue weighted by atomic mass is 17.1. The lowest BCUT2D eigenvalue weighted by atomic mass is 10.1. The van der Waals surface area contributed by atoms with Crippen molar-refractivity contribution in [1.29, 1.82) is 0 Å². The summed E-state index contributed by atoms with van der Waals surface area (Å²) in [6, 6.07) is 0. The summed E-state index contributed by atoms with van der Waals surface area (Å²) in [6.07, 6.45) is 21.0. The third kappa shape index (κ3) is 15.3. The molecular weight excluding hydrogens is 248 g/mol. The second kappa shape index (κ2) is 16.3. The molecule has 20 heavy (non-hydrogen) atoms. The molecule has 0 radical (unpaired) electrons. The number of hydrogen-bond acceptors (Lipinski definition) is 2. The summed E-state index contributed by atoms with van der Waals surface area (Å²) in [5.41, 5.74) is 0. The summed E-state index contributed by atoms with van der Waals surface area (Å²) in [4.78, 5) is 4.06. The van der Waals surface area contributed by atoms with E-state index in [-0.39, 0.29) is 0 Å². The molecule has 0 rings (SSSR count). The topological polar surface area (TPSA) is 29.5 Å². The van der Waals surface area contributed by atoms with E-state index in [4.69, 9.17) is 5.26 Å². The lowest BCUT2D eigenvalue weighted by molar-refractivity contribution is -0.205. The SMILES string of the molecule is C=C(CCCCCCC=CCCCCCCCC)OO. The van der Waals surface area contributed by atoms with E-state index in [0.717, 1.165) is 12.8 Å². The molecule has 0 saturated heterocycles. The van der Waals surface area contributed by atoms with Gasteiger partial charge in [0.25, 0.3) is 0 Å². The number of unbranched alkanes of at least 4 members (excludes halogenated alkanes) is 10. The average Bonchev–Trinajstić information content (AvgIpc) is 2.47. The highest BCUT2D eigenvalue weighted by Crippen LogP contribution is 2.11. The van der Waals surface area contributed by atoms with Gasteiger partial charge in [-0.05, 0) is 32.1 Å². The molecule has 0 aliphatic rings. The molecule has 0 aliphatic carbocycles. The van der Waals surface area contributed by atoms with Gasteiger partial charge < -0.3 is 4.89 Å². The van der Waals surface area contributed by atoms with Crippen LogP contribution in [0.4, 0.5) is 0 Å². The van der Waals surface area contributed by atoms with Crippen LogP contribution >= 0.6 is 0 Å². The number of rotatable bonds is 15. The predicted octanol–water partition coefficient (Wildman–Crippen LogP) is 6.64. The maximum absolute atomic E-state index is 8.33. The molecule has 0 atom stereocenters. The zero-order valence-electron chi connectivity index (χ0n) is 13.4. The second-order valence-corrected chi connectivity index (χ2v) is 5.61. The molecule has 0 heterocycles. The molecule has 0 spiro atoms. The van der Waals surface area contributed by atoms with Crippen LogP contribution in [0.1, 0.15) is 90.4 Å². The molecule has 2 heteroatoms. The molecule has 118 valence electrons. The highest BCUT2D eigenvalue weighted by Gasteiger charge is 1.94. The lowest BCUT2D eigenvalue weighted by Gasteiger charge is -2.01. The standard InChI is InChI=1S/C18H34O2/c1-3-4-5-6-7-8-9-10-11-12-13-14-15-16-17-18(2)20-19/h10-11,19H,2-9,12-17H2,1H3. The first-order chi connectivity index (χ1) is 9.81. The average molecular weight is 282 g/mol. The Morgan fingerprint density at radius 2 is 1.35 bits per heavy atom. The second-order valence-electron chi connectivity index (χ2n) is 5.61. The van der Waals surface area contributed by atoms with E-state index in [0.29, 0.717) is 5.76 Å². The zero-order valence-corrected chi connectivity index (χ0v) is 13.4. The van der Waals surface area contributed by atoms with Crippen LogP contribution in [-0.2, 0) is 4.89 Å². The molecule has 0 saturated carbocycles. The first-order valence-electron chi connectivity index (χ1n) is 8.45. The first-order valence-corrected chi connectivity index (χ1v) is 8.45. The molecule has 0 aromatic heterocycles. The summed E-state index contributed by atoms with van der Waals surface area (Å²) < 4.78 is 0. The summed E-state index contributed by atoms with van der Waals surface area (Å²) in [6.45, 7) is 5.85. The van der Waals surface area contributed by atoms with Crippen molar-refractivity contribution in [1.82, 2.24) is 0 Å². The minimum Gasteiger partial charge on any atom is -0.345 e. The van der Waals surface area contributed by atoms with Crippen LogP contribution in [0.5, 0.6) is 0 Å². The number of hydrogen-bond donors (Lipinski definition) is 1. The Balaban J connectivity index is 3.10. The molecule has 0 aliphatic heterocycles. The summed E-state index contributed by atoms with van der Waals surface area (Å²) in [5.74, 6) is 0.476. The van der Waals surface area contributed by atoms with Gasteiger partial charge in [-0.25, -0.2) is 5.26 Å². The Labute approximate surface area is 125 Å². The van der Waals surface area contributed by atoms with Crippen molar-refractivity contribution in [3.8, 4) is 0 Å². The van der Waals surface area contributed by atoms with Crippen molar-refractivity contribution in [3.05, 3.63) is 24.5 Å². The molecule has 0 aromatic rings. The molecule has 0 aromatic carbocycles. The Kier molecular flexibility index (Phi) is 15.7. The van der Waals surface area contributed by atoms with Crippen molar-refractivity contribution in [2.24, 2.45) is 0 Å². The van der Waals surface area contributed by atoms with E-state index in [1.165, 1.54) is 70.6 Å². The third-order valence-corrected chi connectivity index (χ3v) is 3.60. The number of allylic oxidation sites excluding steroid dienone is 3. The van der Waals surface area contributed by atoms with Crippen LogP contribution in [0, 0.1) is 0 Å². The van der Waals surface area contributed by atoms with Crippen molar-refractivity contribution in [3.63, 3.8) is 0 Å². The fourth-order valence-corrected chi connectivity index (χ4v) is 2.26. The molecule has 0 unspecified atom stereocenters. The van der Waals surface area contributed by atoms with Gasteiger partial charge in [0.05, 0.1) is 0 Å². The van der Waals surface area contributed by atoms with Gasteiger partial charge in [-0.3, -0.25) is 0 Å². The largest absolute Gasteiger partial charge is 0.345 e. The van der Waals surface area contributed by atoms with Gasteiger partial charge in [-0.2, -0.15) is 0 Å². The van der Waals surface area contributed by atoms with E-state index in [2.05, 4.69) is 30.5 Å². The Bertz CT molecular complexity index is 234. The van der Waals surface area contributed by atoms with Gasteiger partial charge in [-0.1, -0.05) is 70.6 Å². The Morgan fingerprint density at radius 3 is 1.90 bits per heavy atom. The van der Waals surface area contributed by atoms with E-state index in [9.17, 15) is 0 Å². The van der Waals surface area contributed by atoms with E-state index >= 15 is 0 Å². The molecular formula is C18H34O2. The van der Waals surface area contributed by atoms with E-state index < -0.39 is 0 Å². The van der Waals surface area contributed by atoms with Gasteiger partial charge >= 0.3 is 0 Å². The van der Waals surface area contributed by atoms with E-state index in [1.807, 2.05) is 0 Å². The highest BCUT2D eigenvalue weighted by molar-refractivity contribution is 4.82. The van der Waals surface area contributed by atoms with Gasteiger partial charge in [0, 0.05) is 6.42 Å². The quantitative estimate of drug-likeness (QED) is 0.120. The summed E-state index contributed by atoms with van der Waals surface area (Å²) in [5, 5.41) is 8.33. The van der Waals surface area contributed by atoms with Crippen LogP contribution in [0.15, 0.2) is 24.5 Å². The van der Waals surface area contributed by atoms with Crippen molar-refractivity contribution in [2.75, 3.05) is 0 Å². The predicted molar refractivity (Wildman–Crippen MR) is 87.7 cm³/mol. The first kappa shape index (κ1) is 19.2. The van der Waals surface area contributed by atoms with Gasteiger partial charge in [0.2, 0.25) is 0 Å². The van der Waals surface area contributed by atoms with Crippen molar-refractivity contribution in [2.45, 2.75) is 90.4 Å².